The summed E-state index contributed by atoms with van der Waals surface area (Å²) in [4.78, 5) is 0. The van der Waals surface area contributed by atoms with Gasteiger partial charge in [-0.3, -0.25) is 0 Å². The summed E-state index contributed by atoms with van der Waals surface area (Å²) < 4.78 is 22.2. The van der Waals surface area contributed by atoms with Gasteiger partial charge in [0.15, 0.2) is 0 Å². The number of nitrogens with two attached hydrogens (primary N) is 1. The van der Waals surface area contributed by atoms with Crippen molar-refractivity contribution in [1.29, 1.82) is 0 Å². The molecule has 0 bridgehead atoms. The molecule has 2 rings (SSSR count). The first-order chi connectivity index (χ1) is 9.67. The maximum absolute atomic E-state index is 9.39. The standard InChI is InChI=1S/C14H21NO5/c1-17-11-7-13(20-12(8-16)14(11)18-2)19-10-5-3-9(15)4-6-10/h3-6,11-14,16H,7-8,15H2,1-2H3/t11-,12-,13-,14-/m1/s1. The summed E-state index contributed by atoms with van der Waals surface area (Å²) in [7, 11) is 3.18. The van der Waals surface area contributed by atoms with Gasteiger partial charge in [0.25, 0.3) is 0 Å². The van der Waals surface area contributed by atoms with Gasteiger partial charge in [0.1, 0.15) is 18.0 Å². The molecule has 1 saturated heterocycles. The van der Waals surface area contributed by atoms with E-state index in [4.69, 9.17) is 24.7 Å². The largest absolute Gasteiger partial charge is 0.465 e. The third-order valence-corrected chi connectivity index (χ3v) is 3.39. The van der Waals surface area contributed by atoms with Crippen LogP contribution in [0.25, 0.3) is 0 Å². The highest BCUT2D eigenvalue weighted by Crippen LogP contribution is 2.26. The van der Waals surface area contributed by atoms with Crippen molar-refractivity contribution in [2.45, 2.75) is 31.0 Å². The van der Waals surface area contributed by atoms with E-state index >= 15 is 0 Å². The molecule has 6 nitrogen and oxygen atoms in total. The van der Waals surface area contributed by atoms with Gasteiger partial charge >= 0.3 is 0 Å². The zero-order valence-corrected chi connectivity index (χ0v) is 11.7. The molecule has 0 radical (unpaired) electrons. The molecule has 112 valence electrons. The second-order valence-corrected chi connectivity index (χ2v) is 4.68. The zero-order valence-electron chi connectivity index (χ0n) is 11.7. The van der Waals surface area contributed by atoms with Gasteiger partial charge in [-0.15, -0.1) is 0 Å². The molecule has 1 aliphatic rings. The summed E-state index contributed by atoms with van der Waals surface area (Å²) in [6, 6.07) is 7.06. The lowest BCUT2D eigenvalue weighted by Gasteiger charge is -2.39. The van der Waals surface area contributed by atoms with Gasteiger partial charge in [0, 0.05) is 26.3 Å². The van der Waals surface area contributed by atoms with Crippen LogP contribution >= 0.6 is 0 Å². The Morgan fingerprint density at radius 3 is 2.50 bits per heavy atom. The highest BCUT2D eigenvalue weighted by Gasteiger charge is 2.39. The van der Waals surface area contributed by atoms with E-state index in [-0.39, 0.29) is 18.8 Å². The molecule has 0 amide bonds. The second kappa shape index (κ2) is 6.90. The van der Waals surface area contributed by atoms with Crippen LogP contribution in [-0.2, 0) is 14.2 Å². The fourth-order valence-electron chi connectivity index (χ4n) is 2.35. The monoisotopic (exact) mass is 283 g/mol. The Hall–Kier alpha value is -1.34. The minimum atomic E-state index is -0.493. The van der Waals surface area contributed by atoms with Crippen LogP contribution in [0, 0.1) is 0 Å². The van der Waals surface area contributed by atoms with Crippen molar-refractivity contribution in [1.82, 2.24) is 0 Å². The molecule has 0 spiro atoms. The molecule has 4 atom stereocenters. The lowest BCUT2D eigenvalue weighted by Crippen LogP contribution is -2.52. The summed E-state index contributed by atoms with van der Waals surface area (Å²) >= 11 is 0. The van der Waals surface area contributed by atoms with Gasteiger partial charge in [-0.1, -0.05) is 0 Å². The highest BCUT2D eigenvalue weighted by atomic mass is 16.7. The van der Waals surface area contributed by atoms with E-state index in [1.54, 1.807) is 38.5 Å². The second-order valence-electron chi connectivity index (χ2n) is 4.68. The molecule has 1 aromatic rings. The molecule has 3 N–H and O–H groups in total. The van der Waals surface area contributed by atoms with Crippen LogP contribution < -0.4 is 10.5 Å². The van der Waals surface area contributed by atoms with E-state index in [2.05, 4.69) is 0 Å². The van der Waals surface area contributed by atoms with Crippen LogP contribution in [0.4, 0.5) is 5.69 Å². The Morgan fingerprint density at radius 2 is 1.95 bits per heavy atom. The number of benzene rings is 1. The number of rotatable bonds is 5. The maximum atomic E-state index is 9.39. The molecule has 0 aromatic heterocycles. The van der Waals surface area contributed by atoms with Gasteiger partial charge in [0.05, 0.1) is 12.7 Å². The van der Waals surface area contributed by atoms with Crippen LogP contribution in [0.2, 0.25) is 0 Å². The van der Waals surface area contributed by atoms with E-state index < -0.39 is 12.4 Å². The third kappa shape index (κ3) is 3.40. The van der Waals surface area contributed by atoms with Gasteiger partial charge < -0.3 is 29.8 Å². The fraction of sp³-hybridized carbons (Fsp3) is 0.571. The molecule has 1 aliphatic heterocycles. The van der Waals surface area contributed by atoms with Crippen molar-refractivity contribution >= 4 is 5.69 Å². The number of hydrogen-bond donors (Lipinski definition) is 2. The molecule has 0 saturated carbocycles. The van der Waals surface area contributed by atoms with Crippen LogP contribution in [0.15, 0.2) is 24.3 Å². The fourth-order valence-corrected chi connectivity index (χ4v) is 2.35. The maximum Gasteiger partial charge on any atom is 0.202 e. The molecule has 1 fully saturated rings. The molecule has 0 unspecified atom stereocenters. The van der Waals surface area contributed by atoms with Crippen molar-refractivity contribution in [2.75, 3.05) is 26.6 Å². The Labute approximate surface area is 118 Å². The number of methoxy groups -OCH3 is 2. The smallest absolute Gasteiger partial charge is 0.202 e. The van der Waals surface area contributed by atoms with Gasteiger partial charge in [-0.25, -0.2) is 0 Å². The summed E-state index contributed by atoms with van der Waals surface area (Å²) in [6.45, 7) is -0.153. The quantitative estimate of drug-likeness (QED) is 0.777. The summed E-state index contributed by atoms with van der Waals surface area (Å²) in [5.41, 5.74) is 6.30. The average molecular weight is 283 g/mol. The van der Waals surface area contributed by atoms with E-state index in [9.17, 15) is 5.11 Å². The number of aliphatic hydroxyl groups excluding tert-OH is 1. The normalized spacial score (nSPS) is 30.1. The van der Waals surface area contributed by atoms with E-state index in [1.165, 1.54) is 0 Å². The van der Waals surface area contributed by atoms with Gasteiger partial charge in [-0.05, 0) is 24.3 Å². The van der Waals surface area contributed by atoms with E-state index in [0.717, 1.165) is 0 Å². The SMILES string of the molecule is CO[C@@H]1[C@H](OC)C[C@H](Oc2ccc(N)cc2)O[C@@H]1CO. The average Bonchev–Trinajstić information content (AvgIpc) is 2.48. The Kier molecular flexibility index (Phi) is 5.19. The highest BCUT2D eigenvalue weighted by molar-refractivity contribution is 5.41. The number of anilines is 1. The molecule has 6 heteroatoms. The van der Waals surface area contributed by atoms with Crippen molar-refractivity contribution < 1.29 is 24.1 Å². The van der Waals surface area contributed by atoms with Crippen LogP contribution in [0.1, 0.15) is 6.42 Å². The number of nitrogen functional groups attached to an aromatic ring is 1. The van der Waals surface area contributed by atoms with Gasteiger partial charge in [0.2, 0.25) is 6.29 Å². The van der Waals surface area contributed by atoms with E-state index in [1.807, 2.05) is 0 Å². The molecular weight excluding hydrogens is 262 g/mol. The topological polar surface area (TPSA) is 83.2 Å². The number of hydrogen-bond acceptors (Lipinski definition) is 6. The Bertz CT molecular complexity index is 397. The van der Waals surface area contributed by atoms with Crippen molar-refractivity contribution in [2.24, 2.45) is 0 Å². The Morgan fingerprint density at radius 1 is 1.25 bits per heavy atom. The first-order valence-electron chi connectivity index (χ1n) is 6.52. The van der Waals surface area contributed by atoms with Crippen LogP contribution in [0.3, 0.4) is 0 Å². The molecule has 1 aromatic carbocycles. The first-order valence-corrected chi connectivity index (χ1v) is 6.52. The summed E-state index contributed by atoms with van der Waals surface area (Å²) in [5, 5.41) is 9.39. The van der Waals surface area contributed by atoms with E-state index in [0.29, 0.717) is 17.9 Å². The molecule has 20 heavy (non-hydrogen) atoms. The molecule has 1 heterocycles. The van der Waals surface area contributed by atoms with Crippen LogP contribution in [-0.4, -0.2) is 50.5 Å². The summed E-state index contributed by atoms with van der Waals surface area (Å²) in [5.74, 6) is 0.659. The zero-order chi connectivity index (χ0) is 14.5. The van der Waals surface area contributed by atoms with Crippen LogP contribution in [0.5, 0.6) is 5.75 Å². The Balaban J connectivity index is 2.03. The van der Waals surface area contributed by atoms with Crippen molar-refractivity contribution in [3.05, 3.63) is 24.3 Å². The predicted octanol–water partition coefficient (Wildman–Crippen LogP) is 0.785. The number of ether oxygens (including phenoxy) is 4. The van der Waals surface area contributed by atoms with Crippen molar-refractivity contribution in [3.63, 3.8) is 0 Å². The number of aliphatic hydroxyl groups is 1. The first kappa shape index (κ1) is 15.1. The van der Waals surface area contributed by atoms with Crippen molar-refractivity contribution in [3.8, 4) is 5.75 Å². The summed E-state index contributed by atoms with van der Waals surface area (Å²) in [6.07, 6.45) is -0.943. The molecular formula is C14H21NO5. The minimum absolute atomic E-state index is 0.153. The lowest BCUT2D eigenvalue weighted by molar-refractivity contribution is -0.240. The minimum Gasteiger partial charge on any atom is -0.465 e. The lowest BCUT2D eigenvalue weighted by atomic mass is 10.0. The third-order valence-electron chi connectivity index (χ3n) is 3.39. The molecule has 0 aliphatic carbocycles. The predicted molar refractivity (Wildman–Crippen MR) is 73.4 cm³/mol. The van der Waals surface area contributed by atoms with Gasteiger partial charge in [-0.2, -0.15) is 0 Å².